The third-order valence-corrected chi connectivity index (χ3v) is 5.85. The number of ether oxygens (including phenoxy) is 2. The fraction of sp³-hybridized carbons (Fsp3) is 0.200. The molecule has 2 heterocycles. The zero-order valence-electron chi connectivity index (χ0n) is 17.4. The van der Waals surface area contributed by atoms with Gasteiger partial charge in [0.25, 0.3) is 0 Å². The number of urea groups is 1. The Morgan fingerprint density at radius 2 is 1.94 bits per heavy atom. The second-order valence-electron chi connectivity index (χ2n) is 8.12. The fourth-order valence-electron chi connectivity index (χ4n) is 4.38. The van der Waals surface area contributed by atoms with Crippen molar-refractivity contribution in [3.8, 4) is 11.5 Å². The predicted octanol–water partition coefficient (Wildman–Crippen LogP) is 4.73. The Balaban J connectivity index is 1.50. The van der Waals surface area contributed by atoms with Crippen LogP contribution in [0.25, 0.3) is 0 Å². The Morgan fingerprint density at radius 1 is 1.16 bits per heavy atom. The Labute approximate surface area is 185 Å². The lowest BCUT2D eigenvalue weighted by atomic mass is 9.89. The summed E-state index contributed by atoms with van der Waals surface area (Å²) in [6, 6.07) is 21.2. The van der Waals surface area contributed by atoms with E-state index in [1.165, 1.54) is 17.0 Å². The highest BCUT2D eigenvalue weighted by atomic mass is 16.5. The molecule has 2 amide bonds. The monoisotopic (exact) mass is 430 g/mol. The van der Waals surface area contributed by atoms with E-state index in [4.69, 9.17) is 9.47 Å². The van der Waals surface area contributed by atoms with Crippen molar-refractivity contribution in [1.29, 1.82) is 0 Å². The van der Waals surface area contributed by atoms with Crippen molar-refractivity contribution < 1.29 is 24.2 Å². The molecule has 2 aliphatic rings. The highest BCUT2D eigenvalue weighted by Crippen LogP contribution is 2.49. The third kappa shape index (κ3) is 3.41. The van der Waals surface area contributed by atoms with E-state index in [-0.39, 0.29) is 17.6 Å². The van der Waals surface area contributed by atoms with Crippen LogP contribution in [-0.2, 0) is 6.61 Å². The molecule has 0 saturated carbocycles. The van der Waals surface area contributed by atoms with E-state index in [0.717, 1.165) is 11.1 Å². The largest absolute Gasteiger partial charge is 0.485 e. The van der Waals surface area contributed by atoms with Gasteiger partial charge in [0.05, 0.1) is 17.3 Å². The van der Waals surface area contributed by atoms with Crippen molar-refractivity contribution in [2.75, 3.05) is 4.90 Å². The summed E-state index contributed by atoms with van der Waals surface area (Å²) in [6.45, 7) is 2.22. The molecule has 7 nitrogen and oxygen atoms in total. The van der Waals surface area contributed by atoms with Gasteiger partial charge in [-0.05, 0) is 36.8 Å². The summed E-state index contributed by atoms with van der Waals surface area (Å²) in [5.41, 5.74) is 1.44. The number of para-hydroxylation sites is 1. The van der Waals surface area contributed by atoms with Gasteiger partial charge in [0.1, 0.15) is 6.61 Å². The van der Waals surface area contributed by atoms with Gasteiger partial charge in [-0.15, -0.1) is 0 Å². The van der Waals surface area contributed by atoms with Gasteiger partial charge in [-0.25, -0.2) is 9.59 Å². The number of carboxylic acids is 1. The molecule has 5 rings (SSSR count). The lowest BCUT2D eigenvalue weighted by Gasteiger charge is -2.50. The van der Waals surface area contributed by atoms with Crippen molar-refractivity contribution in [2.45, 2.75) is 31.7 Å². The van der Waals surface area contributed by atoms with Gasteiger partial charge in [0.15, 0.2) is 17.2 Å². The minimum absolute atomic E-state index is 0.101. The first kappa shape index (κ1) is 19.9. The van der Waals surface area contributed by atoms with E-state index in [0.29, 0.717) is 30.2 Å². The van der Waals surface area contributed by atoms with Crippen LogP contribution in [-0.4, -0.2) is 22.8 Å². The number of nitrogens with one attached hydrogen (secondary N) is 1. The first-order valence-electron chi connectivity index (χ1n) is 10.4. The van der Waals surface area contributed by atoms with E-state index in [1.54, 1.807) is 12.1 Å². The van der Waals surface area contributed by atoms with Gasteiger partial charge in [0, 0.05) is 12.0 Å². The maximum Gasteiger partial charge on any atom is 0.335 e. The van der Waals surface area contributed by atoms with Crippen LogP contribution < -0.4 is 19.7 Å². The minimum Gasteiger partial charge on any atom is -0.485 e. The summed E-state index contributed by atoms with van der Waals surface area (Å²) in [4.78, 5) is 26.0. The molecule has 2 unspecified atom stereocenters. The molecule has 32 heavy (non-hydrogen) atoms. The van der Waals surface area contributed by atoms with Crippen LogP contribution >= 0.6 is 0 Å². The van der Waals surface area contributed by atoms with Crippen LogP contribution in [0, 0.1) is 0 Å². The van der Waals surface area contributed by atoms with Crippen molar-refractivity contribution >= 4 is 17.7 Å². The summed E-state index contributed by atoms with van der Waals surface area (Å²) >= 11 is 0. The number of fused-ring (bicyclic) bond motifs is 4. The molecule has 7 heteroatoms. The van der Waals surface area contributed by atoms with Crippen LogP contribution in [0.5, 0.6) is 11.5 Å². The van der Waals surface area contributed by atoms with Crippen molar-refractivity contribution in [3.05, 3.63) is 89.5 Å². The number of carbonyl (C=O) groups excluding carboxylic acids is 1. The number of amides is 2. The molecular weight excluding hydrogens is 408 g/mol. The quantitative estimate of drug-likeness (QED) is 0.611. The van der Waals surface area contributed by atoms with Crippen LogP contribution in [0.3, 0.4) is 0 Å². The molecule has 162 valence electrons. The number of carboxylic acid groups (broad SMARTS) is 1. The Kier molecular flexibility index (Phi) is 4.74. The number of nitrogens with zero attached hydrogens (tertiary/aromatic N) is 1. The summed E-state index contributed by atoms with van der Waals surface area (Å²) in [6.07, 6.45) is 0.505. The average Bonchev–Trinajstić information content (AvgIpc) is 2.78. The van der Waals surface area contributed by atoms with Gasteiger partial charge in [-0.3, -0.25) is 4.90 Å². The number of benzene rings is 3. The number of anilines is 1. The molecule has 0 spiro atoms. The Hall–Kier alpha value is -4.00. The molecule has 1 saturated heterocycles. The second kappa shape index (κ2) is 7.60. The van der Waals surface area contributed by atoms with E-state index < -0.39 is 11.7 Å². The van der Waals surface area contributed by atoms with Crippen LogP contribution in [0.15, 0.2) is 72.8 Å². The minimum atomic E-state index is -1.06. The summed E-state index contributed by atoms with van der Waals surface area (Å²) < 4.78 is 12.5. The van der Waals surface area contributed by atoms with Gasteiger partial charge in [-0.2, -0.15) is 0 Å². The van der Waals surface area contributed by atoms with E-state index in [1.807, 2.05) is 55.5 Å². The molecule has 0 aromatic heterocycles. The lowest BCUT2D eigenvalue weighted by molar-refractivity contribution is 0.0338. The zero-order chi connectivity index (χ0) is 22.3. The SMILES string of the molecule is CC12CC(NC(=O)N1c1cccc(C(=O)O)c1)c1cccc(OCc3ccccc3)c1O2. The molecular formula is C25H22N2O5. The van der Waals surface area contributed by atoms with Crippen molar-refractivity contribution in [1.82, 2.24) is 5.32 Å². The first-order chi connectivity index (χ1) is 15.4. The van der Waals surface area contributed by atoms with Gasteiger partial charge in [-0.1, -0.05) is 48.5 Å². The van der Waals surface area contributed by atoms with Crippen LogP contribution in [0.2, 0.25) is 0 Å². The molecule has 2 N–H and O–H groups in total. The third-order valence-electron chi connectivity index (χ3n) is 5.85. The summed E-state index contributed by atoms with van der Waals surface area (Å²) in [5, 5.41) is 12.4. The zero-order valence-corrected chi connectivity index (χ0v) is 17.4. The predicted molar refractivity (Wildman–Crippen MR) is 118 cm³/mol. The number of rotatable bonds is 5. The average molecular weight is 430 g/mol. The standard InChI is InChI=1S/C25H22N2O5/c1-25-14-20(26-24(30)27(25)18-10-5-9-17(13-18)23(28)29)19-11-6-12-21(22(19)32-25)31-15-16-7-3-2-4-8-16/h2-13,20H,14-15H2,1H3,(H,26,30)(H,28,29). The molecule has 2 bridgehead atoms. The van der Waals surface area contributed by atoms with Gasteiger partial charge in [0.2, 0.25) is 0 Å². The molecule has 3 aromatic rings. The molecule has 2 aliphatic heterocycles. The molecule has 0 aliphatic carbocycles. The first-order valence-corrected chi connectivity index (χ1v) is 10.4. The molecule has 1 fully saturated rings. The smallest absolute Gasteiger partial charge is 0.335 e. The maximum absolute atomic E-state index is 13.1. The van der Waals surface area contributed by atoms with Crippen LogP contribution in [0.4, 0.5) is 10.5 Å². The van der Waals surface area contributed by atoms with E-state index in [9.17, 15) is 14.7 Å². The normalized spacial score (nSPS) is 21.2. The van der Waals surface area contributed by atoms with Crippen molar-refractivity contribution in [2.24, 2.45) is 0 Å². The number of carbonyl (C=O) groups is 2. The molecule has 3 aromatic carbocycles. The topological polar surface area (TPSA) is 88.1 Å². The highest BCUT2D eigenvalue weighted by molar-refractivity contribution is 5.97. The Morgan fingerprint density at radius 3 is 2.72 bits per heavy atom. The van der Waals surface area contributed by atoms with Crippen LogP contribution in [0.1, 0.15) is 40.9 Å². The van der Waals surface area contributed by atoms with Gasteiger partial charge >= 0.3 is 12.0 Å². The Bertz CT molecular complexity index is 1200. The maximum atomic E-state index is 13.1. The van der Waals surface area contributed by atoms with E-state index >= 15 is 0 Å². The number of aromatic carboxylic acids is 1. The van der Waals surface area contributed by atoms with Crippen molar-refractivity contribution in [3.63, 3.8) is 0 Å². The van der Waals surface area contributed by atoms with Gasteiger partial charge < -0.3 is 19.9 Å². The highest BCUT2D eigenvalue weighted by Gasteiger charge is 2.50. The summed E-state index contributed by atoms with van der Waals surface area (Å²) in [5.74, 6) is 0.123. The number of hydrogen-bond donors (Lipinski definition) is 2. The molecule has 0 radical (unpaired) electrons. The second-order valence-corrected chi connectivity index (χ2v) is 8.12. The lowest BCUT2D eigenvalue weighted by Crippen LogP contribution is -2.65. The van der Waals surface area contributed by atoms with E-state index in [2.05, 4.69) is 5.32 Å². The fourth-order valence-corrected chi connectivity index (χ4v) is 4.38. The molecule has 2 atom stereocenters. The number of hydrogen-bond acceptors (Lipinski definition) is 4. The summed E-state index contributed by atoms with van der Waals surface area (Å²) in [7, 11) is 0.